The lowest BCUT2D eigenvalue weighted by Gasteiger charge is -2.19. The molecule has 0 spiro atoms. The molecular weight excluding hydrogens is 346 g/mol. The summed E-state index contributed by atoms with van der Waals surface area (Å²) in [5, 5.41) is 12.1. The van der Waals surface area contributed by atoms with Gasteiger partial charge in [0.15, 0.2) is 0 Å². The number of benzene rings is 1. The average molecular weight is 366 g/mol. The minimum Gasteiger partial charge on any atom is -0.481 e. The number of hydrogen-bond donors (Lipinski definition) is 2. The van der Waals surface area contributed by atoms with E-state index in [1.807, 2.05) is 18.2 Å². The Hall–Kier alpha value is -1.36. The highest BCUT2D eigenvalue weighted by Crippen LogP contribution is 2.50. The second-order valence-electron chi connectivity index (χ2n) is 6.52. The Morgan fingerprint density at radius 2 is 1.91 bits per heavy atom. The number of amides is 1. The maximum absolute atomic E-state index is 12.3. The molecular formula is C17H20BrNO3. The van der Waals surface area contributed by atoms with E-state index in [-0.39, 0.29) is 23.2 Å². The van der Waals surface area contributed by atoms with Crippen LogP contribution in [0, 0.1) is 11.8 Å². The third-order valence-electron chi connectivity index (χ3n) is 5.05. The highest BCUT2D eigenvalue weighted by Gasteiger charge is 2.46. The molecule has 2 N–H and O–H groups in total. The van der Waals surface area contributed by atoms with E-state index in [4.69, 9.17) is 5.11 Å². The predicted octanol–water partition coefficient (Wildman–Crippen LogP) is 3.10. The van der Waals surface area contributed by atoms with Crippen LogP contribution in [0.2, 0.25) is 0 Å². The molecule has 0 radical (unpaired) electrons. The van der Waals surface area contributed by atoms with Crippen molar-refractivity contribution in [2.45, 2.75) is 37.5 Å². The van der Waals surface area contributed by atoms with E-state index in [1.165, 1.54) is 5.56 Å². The number of halogens is 1. The van der Waals surface area contributed by atoms with Crippen molar-refractivity contribution < 1.29 is 14.7 Å². The fourth-order valence-corrected chi connectivity index (χ4v) is 4.13. The van der Waals surface area contributed by atoms with Crippen molar-refractivity contribution in [2.24, 2.45) is 11.8 Å². The van der Waals surface area contributed by atoms with E-state index in [0.717, 1.165) is 17.3 Å². The highest BCUT2D eigenvalue weighted by atomic mass is 79.9. The number of carboxylic acids is 1. The van der Waals surface area contributed by atoms with Crippen LogP contribution in [-0.4, -0.2) is 23.5 Å². The Morgan fingerprint density at radius 1 is 1.23 bits per heavy atom. The molecule has 0 aromatic heterocycles. The van der Waals surface area contributed by atoms with E-state index >= 15 is 0 Å². The molecule has 1 aromatic carbocycles. The third kappa shape index (κ3) is 3.05. The lowest BCUT2D eigenvalue weighted by atomic mass is 9.95. The Labute approximate surface area is 138 Å². The molecule has 4 nitrogen and oxygen atoms in total. The first-order chi connectivity index (χ1) is 10.5. The van der Waals surface area contributed by atoms with Gasteiger partial charge in [0.2, 0.25) is 5.91 Å². The fourth-order valence-electron chi connectivity index (χ4n) is 3.43. The van der Waals surface area contributed by atoms with Crippen LogP contribution >= 0.6 is 15.9 Å². The van der Waals surface area contributed by atoms with Gasteiger partial charge in [-0.3, -0.25) is 9.59 Å². The van der Waals surface area contributed by atoms with Gasteiger partial charge >= 0.3 is 5.97 Å². The fraction of sp³-hybridized carbons (Fsp3) is 0.529. The lowest BCUT2D eigenvalue weighted by molar-refractivity contribution is -0.141. The second kappa shape index (κ2) is 6.03. The molecule has 1 amide bonds. The van der Waals surface area contributed by atoms with E-state index in [1.54, 1.807) is 0 Å². The van der Waals surface area contributed by atoms with E-state index in [9.17, 15) is 9.59 Å². The summed E-state index contributed by atoms with van der Waals surface area (Å²) < 4.78 is 1.09. The van der Waals surface area contributed by atoms with Crippen molar-refractivity contribution in [3.05, 3.63) is 34.3 Å². The molecule has 0 aliphatic heterocycles. The Morgan fingerprint density at radius 3 is 2.50 bits per heavy atom. The quantitative estimate of drug-likeness (QED) is 0.842. The number of rotatable bonds is 5. The molecule has 118 valence electrons. The van der Waals surface area contributed by atoms with Crippen LogP contribution in [0.3, 0.4) is 0 Å². The van der Waals surface area contributed by atoms with Gasteiger partial charge in [-0.15, -0.1) is 0 Å². The lowest BCUT2D eigenvalue weighted by Crippen LogP contribution is -2.36. The van der Waals surface area contributed by atoms with Gasteiger partial charge in [0, 0.05) is 22.4 Å². The van der Waals surface area contributed by atoms with Crippen molar-refractivity contribution in [3.8, 4) is 0 Å². The van der Waals surface area contributed by atoms with Crippen LogP contribution in [0.15, 0.2) is 28.7 Å². The van der Waals surface area contributed by atoms with Crippen LogP contribution in [0.4, 0.5) is 0 Å². The summed E-state index contributed by atoms with van der Waals surface area (Å²) in [7, 11) is 0. The number of nitrogens with one attached hydrogen (secondary N) is 1. The molecule has 0 unspecified atom stereocenters. The Balaban J connectivity index is 1.58. The maximum atomic E-state index is 12.3. The molecule has 0 saturated heterocycles. The van der Waals surface area contributed by atoms with E-state index in [0.29, 0.717) is 25.8 Å². The largest absolute Gasteiger partial charge is 0.481 e. The van der Waals surface area contributed by atoms with E-state index in [2.05, 4.69) is 27.3 Å². The topological polar surface area (TPSA) is 66.4 Å². The van der Waals surface area contributed by atoms with Crippen LogP contribution < -0.4 is 5.32 Å². The van der Waals surface area contributed by atoms with Crippen molar-refractivity contribution >= 4 is 27.8 Å². The molecule has 2 saturated carbocycles. The highest BCUT2D eigenvalue weighted by molar-refractivity contribution is 9.10. The molecule has 0 bridgehead atoms. The minimum absolute atomic E-state index is 0.0158. The Bertz CT molecular complexity index is 597. The summed E-state index contributed by atoms with van der Waals surface area (Å²) in [5.74, 6) is -1.26. The molecule has 2 aliphatic rings. The second-order valence-corrected chi connectivity index (χ2v) is 7.38. The number of hydrogen-bond acceptors (Lipinski definition) is 2. The van der Waals surface area contributed by atoms with Crippen LogP contribution in [0.25, 0.3) is 0 Å². The summed E-state index contributed by atoms with van der Waals surface area (Å²) in [6.07, 6.45) is 3.94. The first kappa shape index (κ1) is 15.5. The van der Waals surface area contributed by atoms with Gasteiger partial charge in [0.25, 0.3) is 0 Å². The van der Waals surface area contributed by atoms with Crippen LogP contribution in [0.1, 0.15) is 37.7 Å². The third-order valence-corrected chi connectivity index (χ3v) is 5.74. The molecule has 5 heteroatoms. The maximum Gasteiger partial charge on any atom is 0.306 e. The van der Waals surface area contributed by atoms with Gasteiger partial charge in [-0.2, -0.15) is 0 Å². The number of carbonyl (C=O) groups is 2. The first-order valence-electron chi connectivity index (χ1n) is 7.77. The monoisotopic (exact) mass is 365 g/mol. The van der Waals surface area contributed by atoms with Crippen molar-refractivity contribution in [2.75, 3.05) is 6.54 Å². The zero-order valence-electron chi connectivity index (χ0n) is 12.3. The van der Waals surface area contributed by atoms with E-state index < -0.39 is 5.97 Å². The molecule has 0 heterocycles. The molecule has 22 heavy (non-hydrogen) atoms. The van der Waals surface area contributed by atoms with Gasteiger partial charge < -0.3 is 10.4 Å². The molecule has 2 atom stereocenters. The smallest absolute Gasteiger partial charge is 0.306 e. The molecule has 3 rings (SSSR count). The van der Waals surface area contributed by atoms with Crippen molar-refractivity contribution in [1.29, 1.82) is 0 Å². The van der Waals surface area contributed by atoms with Gasteiger partial charge in [0.05, 0.1) is 5.92 Å². The number of aliphatic carboxylic acids is 1. The van der Waals surface area contributed by atoms with Gasteiger partial charge in [-0.25, -0.2) is 0 Å². The summed E-state index contributed by atoms with van der Waals surface area (Å²) in [6.45, 7) is 0.642. The summed E-state index contributed by atoms with van der Waals surface area (Å²) in [4.78, 5) is 23.3. The van der Waals surface area contributed by atoms with Crippen LogP contribution in [-0.2, 0) is 15.0 Å². The number of carboxylic acid groups (broad SMARTS) is 1. The standard InChI is InChI=1S/C17H20BrNO3/c18-14-4-2-1-3-13(14)17(7-8-17)10-19-15(20)11-5-6-12(9-11)16(21)22/h1-4,11-12H,5-10H2,(H,19,20)(H,21,22)/t11-,12+/m0/s1. The SMILES string of the molecule is O=C(O)[C@@H]1CC[C@H](C(=O)NCC2(c3ccccc3Br)CC2)C1. The summed E-state index contributed by atoms with van der Waals surface area (Å²) in [6, 6.07) is 8.16. The van der Waals surface area contributed by atoms with Gasteiger partial charge in [-0.05, 0) is 43.7 Å². The average Bonchev–Trinajstić information content (AvgIpc) is 3.10. The zero-order chi connectivity index (χ0) is 15.7. The van der Waals surface area contributed by atoms with Gasteiger partial charge in [-0.1, -0.05) is 34.1 Å². The Kier molecular flexibility index (Phi) is 4.26. The predicted molar refractivity (Wildman–Crippen MR) is 86.5 cm³/mol. The molecule has 2 aliphatic carbocycles. The van der Waals surface area contributed by atoms with Crippen LogP contribution in [0.5, 0.6) is 0 Å². The number of carbonyl (C=O) groups excluding carboxylic acids is 1. The molecule has 2 fully saturated rings. The normalized spacial score (nSPS) is 25.7. The summed E-state index contributed by atoms with van der Waals surface area (Å²) >= 11 is 3.59. The van der Waals surface area contributed by atoms with Crippen molar-refractivity contribution in [1.82, 2.24) is 5.32 Å². The first-order valence-corrected chi connectivity index (χ1v) is 8.57. The summed E-state index contributed by atoms with van der Waals surface area (Å²) in [5.41, 5.74) is 1.31. The van der Waals surface area contributed by atoms with Gasteiger partial charge in [0.1, 0.15) is 0 Å². The minimum atomic E-state index is -0.776. The molecule has 1 aromatic rings. The van der Waals surface area contributed by atoms with Crippen molar-refractivity contribution in [3.63, 3.8) is 0 Å². The zero-order valence-corrected chi connectivity index (χ0v) is 13.9.